The molecule has 2 aromatic rings. The number of carbonyl (C=O) groups is 1. The molecule has 0 radical (unpaired) electrons. The maximum atomic E-state index is 13.2. The van der Waals surface area contributed by atoms with Crippen molar-refractivity contribution in [1.29, 1.82) is 0 Å². The number of nitrogens with zero attached hydrogens (tertiary/aromatic N) is 3. The van der Waals surface area contributed by atoms with Gasteiger partial charge in [-0.3, -0.25) is 13.9 Å². The van der Waals surface area contributed by atoms with Crippen LogP contribution in [0.2, 0.25) is 0 Å². The molecular weight excluding hydrogens is 418 g/mol. The smallest absolute Gasteiger partial charge is 0.428 e. The van der Waals surface area contributed by atoms with Gasteiger partial charge >= 0.3 is 11.8 Å². The van der Waals surface area contributed by atoms with E-state index in [1.807, 2.05) is 6.92 Å². The second-order valence-electron chi connectivity index (χ2n) is 8.38. The zero-order chi connectivity index (χ0) is 22.4. The van der Waals surface area contributed by atoms with Crippen molar-refractivity contribution in [2.75, 3.05) is 0 Å². The number of carbonyl (C=O) groups excluding carboxylic acids is 1. The van der Waals surface area contributed by atoms with Gasteiger partial charge in [0.15, 0.2) is 0 Å². The molecule has 11 heteroatoms. The van der Waals surface area contributed by atoms with Gasteiger partial charge in [-0.2, -0.15) is 5.10 Å². The van der Waals surface area contributed by atoms with Crippen LogP contribution < -0.4 is 16.7 Å². The van der Waals surface area contributed by atoms with Gasteiger partial charge < -0.3 is 4.74 Å². The Hall–Kier alpha value is -2.56. The molecule has 1 N–H and O–H groups in total. The molecule has 1 aliphatic carbocycles. The number of hydrogen-bond acceptors (Lipinski definition) is 6. The number of thiophene rings is 1. The van der Waals surface area contributed by atoms with E-state index in [0.29, 0.717) is 16.9 Å². The third kappa shape index (κ3) is 4.45. The fourth-order valence-electron chi connectivity index (χ4n) is 3.20. The summed E-state index contributed by atoms with van der Waals surface area (Å²) < 4.78 is 33.4. The number of aryl methyl sites for hydroxylation is 1. The fraction of sp³-hybridized carbons (Fsp3) is 0.579. The molecule has 0 aromatic carbocycles. The number of hydrazone groups is 1. The summed E-state index contributed by atoms with van der Waals surface area (Å²) in [6.45, 7) is 7.89. The van der Waals surface area contributed by atoms with Gasteiger partial charge in [0.2, 0.25) is 0 Å². The summed E-state index contributed by atoms with van der Waals surface area (Å²) >= 11 is 1.00. The molecule has 2 heterocycles. The Labute approximate surface area is 175 Å². The Kier molecular flexibility index (Phi) is 5.85. The van der Waals surface area contributed by atoms with Crippen LogP contribution in [0.1, 0.15) is 50.6 Å². The molecule has 30 heavy (non-hydrogen) atoms. The van der Waals surface area contributed by atoms with Crippen LogP contribution in [0, 0.1) is 12.8 Å². The van der Waals surface area contributed by atoms with Crippen molar-refractivity contribution in [2.24, 2.45) is 11.0 Å². The molecule has 3 rings (SSSR count). The van der Waals surface area contributed by atoms with Gasteiger partial charge in [0.05, 0.1) is 23.0 Å². The zero-order valence-electron chi connectivity index (χ0n) is 17.4. The molecule has 0 spiro atoms. The normalized spacial score (nSPS) is 19.1. The number of halogens is 2. The molecule has 2 aromatic heterocycles. The van der Waals surface area contributed by atoms with Crippen LogP contribution in [0.4, 0.5) is 13.6 Å². The van der Waals surface area contributed by atoms with E-state index < -0.39 is 35.9 Å². The molecular formula is C19H24F2N4O4S. The lowest BCUT2D eigenvalue weighted by molar-refractivity contribution is 0.0529. The average Bonchev–Trinajstić information content (AvgIpc) is 3.21. The van der Waals surface area contributed by atoms with E-state index >= 15 is 0 Å². The number of aromatic nitrogens is 2. The lowest BCUT2D eigenvalue weighted by Crippen LogP contribution is -2.40. The zero-order valence-corrected chi connectivity index (χ0v) is 18.2. The SMILES string of the molecule is Cc1c(/C=N/NC(=O)OC(C)(C)C)sc2c1c(=O)n([C@H]1C[C@@H]1C)c(=O)n2CC(F)F. The molecule has 1 saturated carbocycles. The number of ether oxygens (including phenoxy) is 1. The van der Waals surface area contributed by atoms with Crippen molar-refractivity contribution < 1.29 is 18.3 Å². The van der Waals surface area contributed by atoms with Crippen LogP contribution in [0.5, 0.6) is 0 Å². The summed E-state index contributed by atoms with van der Waals surface area (Å²) in [5.41, 5.74) is 0.837. The summed E-state index contributed by atoms with van der Waals surface area (Å²) in [7, 11) is 0. The highest BCUT2D eigenvalue weighted by molar-refractivity contribution is 7.20. The minimum atomic E-state index is -2.75. The first kappa shape index (κ1) is 22.1. The lowest BCUT2D eigenvalue weighted by Gasteiger charge is -2.18. The Balaban J connectivity index is 2.04. The topological polar surface area (TPSA) is 94.7 Å². The third-order valence-electron chi connectivity index (χ3n) is 4.74. The van der Waals surface area contributed by atoms with Crippen molar-refractivity contribution >= 4 is 33.9 Å². The average molecular weight is 442 g/mol. The van der Waals surface area contributed by atoms with E-state index in [4.69, 9.17) is 4.74 Å². The third-order valence-corrected chi connectivity index (χ3v) is 5.99. The molecule has 8 nitrogen and oxygen atoms in total. The van der Waals surface area contributed by atoms with Gasteiger partial charge in [0.25, 0.3) is 12.0 Å². The molecule has 1 fully saturated rings. The van der Waals surface area contributed by atoms with Crippen LogP contribution in [0.3, 0.4) is 0 Å². The Morgan fingerprint density at radius 1 is 1.40 bits per heavy atom. The standard InChI is InChI=1S/C19H24F2N4O4S/c1-9-6-11(9)25-15(26)14-10(2)12(7-22-23-17(27)29-19(3,4)5)30-16(14)24(18(25)28)8-13(20)21/h7,9,11,13H,6,8H2,1-5H3,(H,23,27)/b22-7+/t9-,11-/m0/s1. The van der Waals surface area contributed by atoms with Crippen LogP contribution in [0.25, 0.3) is 10.2 Å². The first-order chi connectivity index (χ1) is 13.9. The highest BCUT2D eigenvalue weighted by atomic mass is 32.1. The summed E-state index contributed by atoms with van der Waals surface area (Å²) in [6, 6.07) is -0.274. The molecule has 1 amide bonds. The summed E-state index contributed by atoms with van der Waals surface area (Å²) in [5, 5.41) is 4.04. The molecule has 0 bridgehead atoms. The van der Waals surface area contributed by atoms with Crippen molar-refractivity contribution in [3.63, 3.8) is 0 Å². The number of rotatable bonds is 5. The number of fused-ring (bicyclic) bond motifs is 1. The van der Waals surface area contributed by atoms with E-state index in [2.05, 4.69) is 10.5 Å². The van der Waals surface area contributed by atoms with Crippen LogP contribution in [-0.4, -0.2) is 33.5 Å². The number of nitrogens with one attached hydrogen (secondary N) is 1. The number of hydrogen-bond donors (Lipinski definition) is 1. The van der Waals surface area contributed by atoms with E-state index in [-0.39, 0.29) is 22.2 Å². The van der Waals surface area contributed by atoms with Crippen LogP contribution >= 0.6 is 11.3 Å². The summed E-state index contributed by atoms with van der Waals surface area (Å²) in [5.74, 6) is 0.144. The first-order valence-corrected chi connectivity index (χ1v) is 10.3. The Morgan fingerprint density at radius 2 is 2.03 bits per heavy atom. The first-order valence-electron chi connectivity index (χ1n) is 9.49. The van der Waals surface area contributed by atoms with Gasteiger partial charge in [0.1, 0.15) is 10.4 Å². The molecule has 0 saturated heterocycles. The second-order valence-corrected chi connectivity index (χ2v) is 9.41. The monoisotopic (exact) mass is 442 g/mol. The fourth-order valence-corrected chi connectivity index (χ4v) is 4.38. The highest BCUT2D eigenvalue weighted by Gasteiger charge is 2.38. The molecule has 164 valence electrons. The van der Waals surface area contributed by atoms with Crippen LogP contribution in [-0.2, 0) is 11.3 Å². The largest absolute Gasteiger partial charge is 0.443 e. The summed E-state index contributed by atoms with van der Waals surface area (Å²) in [4.78, 5) is 38.2. The van der Waals surface area contributed by atoms with Gasteiger partial charge in [-0.1, -0.05) is 6.92 Å². The van der Waals surface area contributed by atoms with Gasteiger partial charge in [0, 0.05) is 6.04 Å². The Bertz CT molecular complexity index is 1130. The van der Waals surface area contributed by atoms with Crippen LogP contribution in [0.15, 0.2) is 14.7 Å². The predicted octanol–water partition coefficient (Wildman–Crippen LogP) is 3.24. The number of amides is 1. The second kappa shape index (κ2) is 7.93. The maximum absolute atomic E-state index is 13.2. The molecule has 0 aliphatic heterocycles. The molecule has 2 atom stereocenters. The van der Waals surface area contributed by atoms with E-state index in [0.717, 1.165) is 20.5 Å². The number of alkyl halides is 2. The molecule has 1 aliphatic rings. The van der Waals surface area contributed by atoms with Crippen molar-refractivity contribution in [1.82, 2.24) is 14.6 Å². The minimum absolute atomic E-state index is 0.144. The van der Waals surface area contributed by atoms with E-state index in [1.54, 1.807) is 27.7 Å². The highest BCUT2D eigenvalue weighted by Crippen LogP contribution is 2.41. The maximum Gasteiger partial charge on any atom is 0.428 e. The van der Waals surface area contributed by atoms with Gasteiger partial charge in [-0.05, 0) is 45.6 Å². The van der Waals surface area contributed by atoms with Crippen molar-refractivity contribution in [3.05, 3.63) is 31.3 Å². The predicted molar refractivity (Wildman–Crippen MR) is 111 cm³/mol. The minimum Gasteiger partial charge on any atom is -0.443 e. The van der Waals surface area contributed by atoms with Crippen molar-refractivity contribution in [3.8, 4) is 0 Å². The molecule has 0 unspecified atom stereocenters. The lowest BCUT2D eigenvalue weighted by atomic mass is 10.2. The van der Waals surface area contributed by atoms with Gasteiger partial charge in [-0.25, -0.2) is 23.8 Å². The van der Waals surface area contributed by atoms with E-state index in [9.17, 15) is 23.2 Å². The van der Waals surface area contributed by atoms with E-state index in [1.165, 1.54) is 6.21 Å². The van der Waals surface area contributed by atoms with Gasteiger partial charge in [-0.15, -0.1) is 11.3 Å². The quantitative estimate of drug-likeness (QED) is 0.568. The van der Waals surface area contributed by atoms with Crippen molar-refractivity contribution in [2.45, 2.75) is 65.7 Å². The summed E-state index contributed by atoms with van der Waals surface area (Å²) in [6.07, 6.45) is -1.53. The Morgan fingerprint density at radius 3 is 2.57 bits per heavy atom.